The first-order valence-corrected chi connectivity index (χ1v) is 5.33. The number of nitrogen functional groups attached to an aromatic ring is 1. The lowest BCUT2D eigenvalue weighted by Crippen LogP contribution is -2.20. The van der Waals surface area contributed by atoms with Gasteiger partial charge in [0.15, 0.2) is 0 Å². The molecule has 1 atom stereocenters. The fraction of sp³-hybridized carbons (Fsp3) is 0.417. The lowest BCUT2D eigenvalue weighted by Gasteiger charge is -2.15. The van der Waals surface area contributed by atoms with E-state index in [1.807, 2.05) is 26.0 Å². The number of para-hydroxylation sites is 1. The number of nitriles is 1. The van der Waals surface area contributed by atoms with Gasteiger partial charge >= 0.3 is 0 Å². The molecule has 1 unspecified atom stereocenters. The molecule has 0 spiro atoms. The molecule has 0 aliphatic carbocycles. The molecule has 4 heteroatoms. The molecular formula is C12H17N3O. The third-order valence-corrected chi connectivity index (χ3v) is 2.26. The van der Waals surface area contributed by atoms with Crippen LogP contribution in [0.2, 0.25) is 0 Å². The molecule has 3 N–H and O–H groups in total. The third kappa shape index (κ3) is 3.14. The van der Waals surface area contributed by atoms with E-state index in [4.69, 9.17) is 15.7 Å². The van der Waals surface area contributed by atoms with Crippen LogP contribution in [-0.4, -0.2) is 19.3 Å². The van der Waals surface area contributed by atoms with Crippen LogP contribution in [0, 0.1) is 11.3 Å². The molecule has 1 rings (SSSR count). The standard InChI is InChI=1S/C12H17N3O/c1-3-16-9(2)8-15-11-6-4-5-10(7-13)12(11)14/h4-6,9,15H,3,8,14H2,1-2H3. The molecule has 1 aromatic carbocycles. The number of hydrogen-bond donors (Lipinski definition) is 2. The summed E-state index contributed by atoms with van der Waals surface area (Å²) in [6.45, 7) is 5.31. The second-order valence-corrected chi connectivity index (χ2v) is 3.53. The molecule has 0 amide bonds. The van der Waals surface area contributed by atoms with E-state index < -0.39 is 0 Å². The number of rotatable bonds is 5. The summed E-state index contributed by atoms with van der Waals surface area (Å²) >= 11 is 0. The first kappa shape index (κ1) is 12.3. The van der Waals surface area contributed by atoms with Crippen LogP contribution in [0.3, 0.4) is 0 Å². The van der Waals surface area contributed by atoms with Gasteiger partial charge < -0.3 is 15.8 Å². The van der Waals surface area contributed by atoms with Crippen LogP contribution in [0.25, 0.3) is 0 Å². The number of nitrogens with zero attached hydrogens (tertiary/aromatic N) is 1. The monoisotopic (exact) mass is 219 g/mol. The first-order valence-electron chi connectivity index (χ1n) is 5.33. The smallest absolute Gasteiger partial charge is 0.101 e. The molecule has 4 nitrogen and oxygen atoms in total. The highest BCUT2D eigenvalue weighted by Crippen LogP contribution is 2.21. The Balaban J connectivity index is 2.64. The van der Waals surface area contributed by atoms with E-state index in [1.165, 1.54) is 0 Å². The second kappa shape index (κ2) is 5.99. The molecule has 86 valence electrons. The first-order chi connectivity index (χ1) is 7.69. The van der Waals surface area contributed by atoms with Crippen molar-refractivity contribution in [3.05, 3.63) is 23.8 Å². The average molecular weight is 219 g/mol. The zero-order valence-corrected chi connectivity index (χ0v) is 9.66. The van der Waals surface area contributed by atoms with E-state index in [0.29, 0.717) is 24.4 Å². The van der Waals surface area contributed by atoms with Crippen LogP contribution in [0.1, 0.15) is 19.4 Å². The molecule has 0 aliphatic rings. The predicted molar refractivity (Wildman–Crippen MR) is 65.1 cm³/mol. The predicted octanol–water partition coefficient (Wildman–Crippen LogP) is 1.98. The number of hydrogen-bond acceptors (Lipinski definition) is 4. The minimum atomic E-state index is 0.121. The van der Waals surface area contributed by atoms with Gasteiger partial charge in [-0.05, 0) is 26.0 Å². The molecule has 0 radical (unpaired) electrons. The largest absolute Gasteiger partial charge is 0.396 e. The molecule has 0 saturated carbocycles. The zero-order chi connectivity index (χ0) is 12.0. The van der Waals surface area contributed by atoms with E-state index in [9.17, 15) is 0 Å². The molecule has 0 saturated heterocycles. The summed E-state index contributed by atoms with van der Waals surface area (Å²) < 4.78 is 5.39. The van der Waals surface area contributed by atoms with Gasteiger partial charge in [-0.25, -0.2) is 0 Å². The topological polar surface area (TPSA) is 71.1 Å². The fourth-order valence-corrected chi connectivity index (χ4v) is 1.41. The van der Waals surface area contributed by atoms with Crippen LogP contribution in [0.4, 0.5) is 11.4 Å². The Labute approximate surface area is 96.0 Å². The number of nitrogens with one attached hydrogen (secondary N) is 1. The van der Waals surface area contributed by atoms with Crippen LogP contribution < -0.4 is 11.1 Å². The molecule has 1 aromatic rings. The van der Waals surface area contributed by atoms with Gasteiger partial charge in [-0.1, -0.05) is 6.07 Å². The number of benzene rings is 1. The normalized spacial score (nSPS) is 11.8. The summed E-state index contributed by atoms with van der Waals surface area (Å²) in [6.07, 6.45) is 0.121. The summed E-state index contributed by atoms with van der Waals surface area (Å²) in [5, 5.41) is 12.0. The van der Waals surface area contributed by atoms with Crippen molar-refractivity contribution >= 4 is 11.4 Å². The highest BCUT2D eigenvalue weighted by atomic mass is 16.5. The summed E-state index contributed by atoms with van der Waals surface area (Å²) in [5.41, 5.74) is 7.60. The molecule has 0 aromatic heterocycles. The molecule has 16 heavy (non-hydrogen) atoms. The minimum absolute atomic E-state index is 0.121. The maximum Gasteiger partial charge on any atom is 0.101 e. The molecule has 0 heterocycles. The van der Waals surface area contributed by atoms with Crippen molar-refractivity contribution in [1.29, 1.82) is 5.26 Å². The van der Waals surface area contributed by atoms with Gasteiger partial charge in [0.1, 0.15) is 6.07 Å². The summed E-state index contributed by atoms with van der Waals surface area (Å²) in [7, 11) is 0. The van der Waals surface area contributed by atoms with Gasteiger partial charge in [0, 0.05) is 13.2 Å². The summed E-state index contributed by atoms with van der Waals surface area (Å²) in [5.74, 6) is 0. The average Bonchev–Trinajstić information content (AvgIpc) is 2.28. The highest BCUT2D eigenvalue weighted by Gasteiger charge is 2.05. The van der Waals surface area contributed by atoms with Crippen molar-refractivity contribution < 1.29 is 4.74 Å². The SMILES string of the molecule is CCOC(C)CNc1cccc(C#N)c1N. The van der Waals surface area contributed by atoms with Crippen molar-refractivity contribution in [2.45, 2.75) is 20.0 Å². The van der Waals surface area contributed by atoms with Gasteiger partial charge in [0.25, 0.3) is 0 Å². The minimum Gasteiger partial charge on any atom is -0.396 e. The van der Waals surface area contributed by atoms with E-state index in [-0.39, 0.29) is 6.10 Å². The van der Waals surface area contributed by atoms with Crippen LogP contribution in [0.15, 0.2) is 18.2 Å². The van der Waals surface area contributed by atoms with E-state index >= 15 is 0 Å². The second-order valence-electron chi connectivity index (χ2n) is 3.53. The van der Waals surface area contributed by atoms with Crippen LogP contribution in [0.5, 0.6) is 0 Å². The Bertz CT molecular complexity index is 384. The summed E-state index contributed by atoms with van der Waals surface area (Å²) in [4.78, 5) is 0. The van der Waals surface area contributed by atoms with Crippen molar-refractivity contribution in [3.63, 3.8) is 0 Å². The Hall–Kier alpha value is -1.73. The van der Waals surface area contributed by atoms with Gasteiger partial charge in [0.05, 0.1) is 23.0 Å². The lowest BCUT2D eigenvalue weighted by molar-refractivity contribution is 0.0855. The molecule has 0 bridgehead atoms. The van der Waals surface area contributed by atoms with Crippen molar-refractivity contribution in [1.82, 2.24) is 0 Å². The van der Waals surface area contributed by atoms with E-state index in [2.05, 4.69) is 11.4 Å². The van der Waals surface area contributed by atoms with Gasteiger partial charge in [-0.15, -0.1) is 0 Å². The highest BCUT2D eigenvalue weighted by molar-refractivity contribution is 5.72. The number of ether oxygens (including phenoxy) is 1. The quantitative estimate of drug-likeness (QED) is 0.743. The lowest BCUT2D eigenvalue weighted by atomic mass is 10.1. The molecule has 0 fully saturated rings. The number of anilines is 2. The Morgan fingerprint density at radius 2 is 2.31 bits per heavy atom. The summed E-state index contributed by atoms with van der Waals surface area (Å²) in [6, 6.07) is 7.42. The zero-order valence-electron chi connectivity index (χ0n) is 9.66. The maximum absolute atomic E-state index is 8.82. The third-order valence-electron chi connectivity index (χ3n) is 2.26. The maximum atomic E-state index is 8.82. The van der Waals surface area contributed by atoms with E-state index in [0.717, 1.165) is 5.69 Å². The van der Waals surface area contributed by atoms with Gasteiger partial charge in [-0.3, -0.25) is 0 Å². The Morgan fingerprint density at radius 3 is 2.94 bits per heavy atom. The van der Waals surface area contributed by atoms with Crippen molar-refractivity contribution in [2.75, 3.05) is 24.2 Å². The van der Waals surface area contributed by atoms with E-state index in [1.54, 1.807) is 6.07 Å². The van der Waals surface area contributed by atoms with Crippen LogP contribution in [-0.2, 0) is 4.74 Å². The van der Waals surface area contributed by atoms with Gasteiger partial charge in [0.2, 0.25) is 0 Å². The van der Waals surface area contributed by atoms with Crippen LogP contribution >= 0.6 is 0 Å². The van der Waals surface area contributed by atoms with Gasteiger partial charge in [-0.2, -0.15) is 5.26 Å². The Kier molecular flexibility index (Phi) is 4.62. The Morgan fingerprint density at radius 1 is 1.56 bits per heavy atom. The molecule has 0 aliphatic heterocycles. The van der Waals surface area contributed by atoms with Crippen molar-refractivity contribution in [3.8, 4) is 6.07 Å². The van der Waals surface area contributed by atoms with Crippen molar-refractivity contribution in [2.24, 2.45) is 0 Å². The molecular weight excluding hydrogens is 202 g/mol. The number of nitrogens with two attached hydrogens (primary N) is 1. The fourth-order valence-electron chi connectivity index (χ4n) is 1.41.